The lowest BCUT2D eigenvalue weighted by atomic mass is 10.0. The lowest BCUT2D eigenvalue weighted by Gasteiger charge is -2.19. The zero-order valence-electron chi connectivity index (χ0n) is 18.9. The third-order valence-corrected chi connectivity index (χ3v) is 5.13. The van der Waals surface area contributed by atoms with Crippen LogP contribution in [0.4, 0.5) is 10.5 Å². The molecule has 10 nitrogen and oxygen atoms in total. The first-order valence-electron chi connectivity index (χ1n) is 10.3. The summed E-state index contributed by atoms with van der Waals surface area (Å²) < 4.78 is 12.2. The molecular weight excluding hydrogens is 442 g/mol. The van der Waals surface area contributed by atoms with E-state index in [-0.39, 0.29) is 11.4 Å². The van der Waals surface area contributed by atoms with Crippen LogP contribution in [-0.2, 0) is 11.8 Å². The molecule has 0 aliphatic heterocycles. The SMILES string of the molecule is COc1cccc(Oc2ccc([C@H](CC(=O)O)NC(=O)Nc3c(O)cc(C)n(C)c3=O)cc2)c1. The van der Waals surface area contributed by atoms with Crippen LogP contribution < -0.4 is 25.7 Å². The molecule has 4 N–H and O–H groups in total. The topological polar surface area (TPSA) is 139 Å². The number of rotatable bonds is 8. The fourth-order valence-electron chi connectivity index (χ4n) is 3.23. The molecule has 0 bridgehead atoms. The number of hydrogen-bond acceptors (Lipinski definition) is 6. The first-order valence-corrected chi connectivity index (χ1v) is 10.3. The van der Waals surface area contributed by atoms with Crippen LogP contribution in [0.5, 0.6) is 23.0 Å². The molecule has 34 heavy (non-hydrogen) atoms. The van der Waals surface area contributed by atoms with Gasteiger partial charge in [-0.2, -0.15) is 0 Å². The van der Waals surface area contributed by atoms with Crippen molar-refractivity contribution in [3.8, 4) is 23.0 Å². The molecule has 0 radical (unpaired) electrons. The number of carbonyl (C=O) groups excluding carboxylic acids is 1. The Morgan fingerprint density at radius 2 is 1.74 bits per heavy atom. The number of aryl methyl sites for hydroxylation is 1. The normalized spacial score (nSPS) is 11.4. The molecule has 0 aliphatic carbocycles. The van der Waals surface area contributed by atoms with Crippen molar-refractivity contribution in [3.05, 3.63) is 76.2 Å². The van der Waals surface area contributed by atoms with Crippen molar-refractivity contribution >= 4 is 17.7 Å². The molecule has 2 amide bonds. The van der Waals surface area contributed by atoms with E-state index in [4.69, 9.17) is 9.47 Å². The average molecular weight is 467 g/mol. The average Bonchev–Trinajstić information content (AvgIpc) is 2.80. The Morgan fingerprint density at radius 1 is 1.06 bits per heavy atom. The number of nitrogens with zero attached hydrogens (tertiary/aromatic N) is 1. The number of amides is 2. The lowest BCUT2D eigenvalue weighted by molar-refractivity contribution is -0.137. The molecule has 0 saturated heterocycles. The van der Waals surface area contributed by atoms with Crippen molar-refractivity contribution in [2.75, 3.05) is 12.4 Å². The predicted octanol–water partition coefficient (Wildman–Crippen LogP) is 3.54. The molecule has 1 heterocycles. The standard InChI is InChI=1S/C24H25N3O7/c1-14-11-20(28)22(23(31)27(14)2)26-24(32)25-19(13-21(29)30)15-7-9-16(10-8-15)34-18-6-4-5-17(12-18)33-3/h4-12,19,28H,13H2,1-3H3,(H,29,30)(H2,25,26,32)/t19-/m0/s1. The van der Waals surface area contributed by atoms with Gasteiger partial charge >= 0.3 is 12.0 Å². The van der Waals surface area contributed by atoms with Crippen molar-refractivity contribution < 1.29 is 29.3 Å². The zero-order valence-corrected chi connectivity index (χ0v) is 18.9. The number of carboxylic acid groups (broad SMARTS) is 1. The van der Waals surface area contributed by atoms with Crippen molar-refractivity contribution in [1.29, 1.82) is 0 Å². The van der Waals surface area contributed by atoms with Gasteiger partial charge in [-0.15, -0.1) is 0 Å². The van der Waals surface area contributed by atoms with E-state index >= 15 is 0 Å². The fraction of sp³-hybridized carbons (Fsp3) is 0.208. The van der Waals surface area contributed by atoms with Crippen LogP contribution in [0.25, 0.3) is 0 Å². The number of methoxy groups -OCH3 is 1. The molecule has 0 spiro atoms. The number of carbonyl (C=O) groups is 2. The van der Waals surface area contributed by atoms with Gasteiger partial charge in [0.2, 0.25) is 0 Å². The van der Waals surface area contributed by atoms with Gasteiger partial charge in [-0.05, 0) is 36.8 Å². The maximum atomic E-state index is 12.5. The first-order chi connectivity index (χ1) is 16.2. The summed E-state index contributed by atoms with van der Waals surface area (Å²) in [5.41, 5.74) is 0.119. The monoisotopic (exact) mass is 467 g/mol. The second kappa shape index (κ2) is 10.4. The molecule has 3 rings (SSSR count). The largest absolute Gasteiger partial charge is 0.505 e. The molecule has 0 unspecified atom stereocenters. The van der Waals surface area contributed by atoms with Crippen LogP contribution in [-0.4, -0.2) is 33.9 Å². The van der Waals surface area contributed by atoms with Gasteiger partial charge in [-0.3, -0.25) is 9.59 Å². The highest BCUT2D eigenvalue weighted by Crippen LogP contribution is 2.27. The van der Waals surface area contributed by atoms with Crippen LogP contribution in [0.3, 0.4) is 0 Å². The van der Waals surface area contributed by atoms with E-state index in [1.54, 1.807) is 62.6 Å². The number of anilines is 1. The summed E-state index contributed by atoms with van der Waals surface area (Å²) in [4.78, 5) is 36.3. The Hall–Kier alpha value is -4.47. The third-order valence-electron chi connectivity index (χ3n) is 5.13. The number of carboxylic acids is 1. The second-order valence-corrected chi connectivity index (χ2v) is 7.51. The van der Waals surface area contributed by atoms with E-state index in [2.05, 4.69) is 10.6 Å². The number of aromatic hydroxyl groups is 1. The number of hydrogen-bond donors (Lipinski definition) is 4. The van der Waals surface area contributed by atoms with Gasteiger partial charge < -0.3 is 34.9 Å². The maximum Gasteiger partial charge on any atom is 0.319 e. The highest BCUT2D eigenvalue weighted by Gasteiger charge is 2.20. The number of nitrogens with one attached hydrogen (secondary N) is 2. The molecule has 2 aromatic carbocycles. The molecule has 0 fully saturated rings. The Kier molecular flexibility index (Phi) is 7.42. The molecule has 1 aromatic heterocycles. The number of aromatic nitrogens is 1. The van der Waals surface area contributed by atoms with Crippen molar-refractivity contribution in [3.63, 3.8) is 0 Å². The number of ether oxygens (including phenoxy) is 2. The summed E-state index contributed by atoms with van der Waals surface area (Å²) in [6.45, 7) is 1.63. The van der Waals surface area contributed by atoms with E-state index in [9.17, 15) is 24.6 Å². The minimum Gasteiger partial charge on any atom is -0.505 e. The first kappa shape index (κ1) is 24.2. The third kappa shape index (κ3) is 5.85. The summed E-state index contributed by atoms with van der Waals surface area (Å²) in [6.07, 6.45) is -0.401. The quantitative estimate of drug-likeness (QED) is 0.397. The second-order valence-electron chi connectivity index (χ2n) is 7.51. The summed E-state index contributed by atoms with van der Waals surface area (Å²) in [7, 11) is 3.06. The number of benzene rings is 2. The highest BCUT2D eigenvalue weighted by molar-refractivity contribution is 5.91. The summed E-state index contributed by atoms with van der Waals surface area (Å²) >= 11 is 0. The van der Waals surface area contributed by atoms with E-state index in [1.807, 2.05) is 0 Å². The summed E-state index contributed by atoms with van der Waals surface area (Å²) in [5, 5.41) is 24.2. The Balaban J connectivity index is 1.75. The van der Waals surface area contributed by atoms with E-state index < -0.39 is 30.0 Å². The maximum absolute atomic E-state index is 12.5. The van der Waals surface area contributed by atoms with Gasteiger partial charge in [0.15, 0.2) is 5.69 Å². The van der Waals surface area contributed by atoms with Crippen molar-refractivity contribution in [2.24, 2.45) is 7.05 Å². The molecule has 0 aliphatic rings. The molecule has 1 atom stereocenters. The smallest absolute Gasteiger partial charge is 0.319 e. The Labute approximate surface area is 195 Å². The summed E-state index contributed by atoms with van der Waals surface area (Å²) in [5.74, 6) is 0.191. The molecular formula is C24H25N3O7. The van der Waals surface area contributed by atoms with E-state index in [0.717, 1.165) is 0 Å². The van der Waals surface area contributed by atoms with E-state index in [1.165, 1.54) is 17.7 Å². The van der Waals surface area contributed by atoms with Crippen LogP contribution >= 0.6 is 0 Å². The minimum atomic E-state index is -1.13. The number of pyridine rings is 1. The fourth-order valence-corrected chi connectivity index (χ4v) is 3.23. The van der Waals surface area contributed by atoms with Gasteiger partial charge in [0.25, 0.3) is 5.56 Å². The molecule has 3 aromatic rings. The van der Waals surface area contributed by atoms with Crippen molar-refractivity contribution in [2.45, 2.75) is 19.4 Å². The van der Waals surface area contributed by atoms with Gasteiger partial charge in [-0.25, -0.2) is 4.79 Å². The minimum absolute atomic E-state index is 0.304. The molecule has 10 heteroatoms. The van der Waals surface area contributed by atoms with Gasteiger partial charge in [0.1, 0.15) is 23.0 Å². The highest BCUT2D eigenvalue weighted by atomic mass is 16.5. The number of aliphatic carboxylic acids is 1. The predicted molar refractivity (Wildman–Crippen MR) is 125 cm³/mol. The van der Waals surface area contributed by atoms with Crippen LogP contribution in [0.2, 0.25) is 0 Å². The summed E-state index contributed by atoms with van der Waals surface area (Å²) in [6, 6.07) is 13.2. The van der Waals surface area contributed by atoms with Crippen LogP contribution in [0.1, 0.15) is 23.7 Å². The van der Waals surface area contributed by atoms with Crippen molar-refractivity contribution in [1.82, 2.24) is 9.88 Å². The molecule has 0 saturated carbocycles. The van der Waals surface area contributed by atoms with Gasteiger partial charge in [0, 0.05) is 24.9 Å². The van der Waals surface area contributed by atoms with Gasteiger partial charge in [0.05, 0.1) is 19.6 Å². The number of urea groups is 1. The van der Waals surface area contributed by atoms with Crippen LogP contribution in [0.15, 0.2) is 59.4 Å². The van der Waals surface area contributed by atoms with Crippen LogP contribution in [0, 0.1) is 6.92 Å². The lowest BCUT2D eigenvalue weighted by Crippen LogP contribution is -2.36. The molecule has 178 valence electrons. The Morgan fingerprint density at radius 3 is 2.38 bits per heavy atom. The Bertz CT molecular complexity index is 1250. The van der Waals surface area contributed by atoms with Gasteiger partial charge in [-0.1, -0.05) is 18.2 Å². The zero-order chi connectivity index (χ0) is 24.8. The van der Waals surface area contributed by atoms with E-state index in [0.29, 0.717) is 28.5 Å².